The fourth-order valence-electron chi connectivity index (χ4n) is 1.08. The normalized spacial score (nSPS) is 10.1. The number of nitrogens with one attached hydrogen (secondary N) is 1. The summed E-state index contributed by atoms with van der Waals surface area (Å²) in [5, 5.41) is 6.71. The van der Waals surface area contributed by atoms with Crippen LogP contribution in [0.5, 0.6) is 0 Å². The van der Waals surface area contributed by atoms with Crippen LogP contribution in [0.2, 0.25) is 0 Å². The second-order valence-electron chi connectivity index (χ2n) is 2.81. The standard InChI is InChI=1S/C8H10N6O/c9-7-8(12-4-3-10-7)11-2-1-6-13-5-15-14-6/h3-5H,1-2H2,(H2,9,10)(H,11,12). The van der Waals surface area contributed by atoms with Crippen LogP contribution in [0.25, 0.3) is 0 Å². The Bertz CT molecular complexity index is 415. The minimum absolute atomic E-state index is 0.380. The molecule has 0 aromatic carbocycles. The first-order chi connectivity index (χ1) is 7.36. The highest BCUT2D eigenvalue weighted by molar-refractivity contribution is 5.54. The molecular formula is C8H10N6O. The Hall–Kier alpha value is -2.18. The van der Waals surface area contributed by atoms with Crippen molar-refractivity contribution in [3.8, 4) is 0 Å². The minimum Gasteiger partial charge on any atom is -0.381 e. The third-order valence-corrected chi connectivity index (χ3v) is 1.77. The molecular weight excluding hydrogens is 196 g/mol. The first-order valence-corrected chi connectivity index (χ1v) is 4.42. The summed E-state index contributed by atoms with van der Waals surface area (Å²) in [6.45, 7) is 0.627. The molecule has 7 heteroatoms. The van der Waals surface area contributed by atoms with E-state index < -0.39 is 0 Å². The van der Waals surface area contributed by atoms with Gasteiger partial charge in [-0.1, -0.05) is 5.16 Å². The molecule has 7 nitrogen and oxygen atoms in total. The topological polar surface area (TPSA) is 103 Å². The molecule has 2 heterocycles. The number of hydrogen-bond donors (Lipinski definition) is 2. The molecule has 0 aliphatic rings. The zero-order chi connectivity index (χ0) is 10.5. The Morgan fingerprint density at radius 1 is 1.27 bits per heavy atom. The highest BCUT2D eigenvalue weighted by Gasteiger charge is 2.01. The fourth-order valence-corrected chi connectivity index (χ4v) is 1.08. The van der Waals surface area contributed by atoms with Crippen molar-refractivity contribution >= 4 is 11.6 Å². The van der Waals surface area contributed by atoms with Gasteiger partial charge in [0.1, 0.15) is 0 Å². The maximum absolute atomic E-state index is 5.59. The Labute approximate surface area is 85.7 Å². The molecule has 2 rings (SSSR count). The van der Waals surface area contributed by atoms with E-state index in [1.165, 1.54) is 6.39 Å². The summed E-state index contributed by atoms with van der Waals surface area (Å²) >= 11 is 0. The summed E-state index contributed by atoms with van der Waals surface area (Å²) in [4.78, 5) is 11.8. The number of rotatable bonds is 4. The monoisotopic (exact) mass is 206 g/mol. The van der Waals surface area contributed by atoms with Gasteiger partial charge in [0, 0.05) is 25.4 Å². The van der Waals surface area contributed by atoms with E-state index in [1.807, 2.05) is 0 Å². The Morgan fingerprint density at radius 3 is 2.87 bits per heavy atom. The van der Waals surface area contributed by atoms with E-state index in [0.29, 0.717) is 30.4 Å². The van der Waals surface area contributed by atoms with Gasteiger partial charge in [-0.15, -0.1) is 0 Å². The largest absolute Gasteiger partial charge is 0.381 e. The second-order valence-corrected chi connectivity index (χ2v) is 2.81. The predicted octanol–water partition coefficient (Wildman–Crippen LogP) is 0.0964. The van der Waals surface area contributed by atoms with E-state index >= 15 is 0 Å². The van der Waals surface area contributed by atoms with Crippen LogP contribution in [-0.4, -0.2) is 26.7 Å². The van der Waals surface area contributed by atoms with Crippen LogP contribution in [0.15, 0.2) is 23.3 Å². The molecule has 0 aliphatic heterocycles. The van der Waals surface area contributed by atoms with Gasteiger partial charge in [-0.05, 0) is 0 Å². The van der Waals surface area contributed by atoms with Gasteiger partial charge in [-0.25, -0.2) is 9.97 Å². The van der Waals surface area contributed by atoms with E-state index in [2.05, 4.69) is 29.9 Å². The number of nitrogens with zero attached hydrogens (tertiary/aromatic N) is 4. The summed E-state index contributed by atoms with van der Waals surface area (Å²) in [6.07, 6.45) is 5.06. The number of nitrogen functional groups attached to an aromatic ring is 1. The van der Waals surface area contributed by atoms with E-state index in [9.17, 15) is 0 Å². The van der Waals surface area contributed by atoms with Crippen molar-refractivity contribution in [1.82, 2.24) is 20.1 Å². The second kappa shape index (κ2) is 4.36. The fraction of sp³-hybridized carbons (Fsp3) is 0.250. The molecule has 0 unspecified atom stereocenters. The van der Waals surface area contributed by atoms with Crippen LogP contribution in [0.1, 0.15) is 5.82 Å². The maximum Gasteiger partial charge on any atom is 0.213 e. The molecule has 2 aromatic heterocycles. The molecule has 0 saturated heterocycles. The molecule has 0 fully saturated rings. The first-order valence-electron chi connectivity index (χ1n) is 4.42. The van der Waals surface area contributed by atoms with E-state index in [1.54, 1.807) is 12.4 Å². The zero-order valence-corrected chi connectivity index (χ0v) is 7.92. The lowest BCUT2D eigenvalue weighted by Gasteiger charge is -2.04. The SMILES string of the molecule is Nc1nccnc1NCCc1ncon1. The van der Waals surface area contributed by atoms with Crippen molar-refractivity contribution in [1.29, 1.82) is 0 Å². The smallest absolute Gasteiger partial charge is 0.213 e. The maximum atomic E-state index is 5.59. The van der Waals surface area contributed by atoms with Gasteiger partial charge in [0.25, 0.3) is 0 Å². The van der Waals surface area contributed by atoms with Gasteiger partial charge < -0.3 is 15.6 Å². The van der Waals surface area contributed by atoms with Gasteiger partial charge >= 0.3 is 0 Å². The van der Waals surface area contributed by atoms with E-state index in [0.717, 1.165) is 0 Å². The number of aromatic nitrogens is 4. The summed E-state index contributed by atoms with van der Waals surface area (Å²) in [5.41, 5.74) is 5.59. The molecule has 78 valence electrons. The van der Waals surface area contributed by atoms with E-state index in [-0.39, 0.29) is 0 Å². The van der Waals surface area contributed by atoms with Crippen molar-refractivity contribution in [2.24, 2.45) is 0 Å². The molecule has 15 heavy (non-hydrogen) atoms. The van der Waals surface area contributed by atoms with Crippen LogP contribution >= 0.6 is 0 Å². The molecule has 0 saturated carbocycles. The summed E-state index contributed by atoms with van der Waals surface area (Å²) in [7, 11) is 0. The lowest BCUT2D eigenvalue weighted by molar-refractivity contribution is 0.410. The van der Waals surface area contributed by atoms with Gasteiger partial charge in [-0.3, -0.25) is 0 Å². The molecule has 2 aromatic rings. The first kappa shape index (κ1) is 9.38. The lowest BCUT2D eigenvalue weighted by Crippen LogP contribution is -2.09. The van der Waals surface area contributed by atoms with E-state index in [4.69, 9.17) is 5.73 Å². The molecule has 0 radical (unpaired) electrons. The van der Waals surface area contributed by atoms with Crippen molar-refractivity contribution in [2.75, 3.05) is 17.6 Å². The minimum atomic E-state index is 0.380. The van der Waals surface area contributed by atoms with Crippen LogP contribution in [-0.2, 0) is 6.42 Å². The average molecular weight is 206 g/mol. The molecule has 0 bridgehead atoms. The molecule has 0 amide bonds. The van der Waals surface area contributed by atoms with Gasteiger partial charge in [0.05, 0.1) is 0 Å². The molecule has 0 spiro atoms. The third-order valence-electron chi connectivity index (χ3n) is 1.77. The Morgan fingerprint density at radius 2 is 2.13 bits per heavy atom. The highest BCUT2D eigenvalue weighted by atomic mass is 16.5. The average Bonchev–Trinajstić information content (AvgIpc) is 2.74. The summed E-state index contributed by atoms with van der Waals surface area (Å²) < 4.78 is 4.60. The molecule has 0 aliphatic carbocycles. The quantitative estimate of drug-likeness (QED) is 0.730. The van der Waals surface area contributed by atoms with Crippen LogP contribution < -0.4 is 11.1 Å². The third kappa shape index (κ3) is 2.39. The van der Waals surface area contributed by atoms with Crippen molar-refractivity contribution in [3.05, 3.63) is 24.6 Å². The van der Waals surface area contributed by atoms with Crippen LogP contribution in [0, 0.1) is 0 Å². The Balaban J connectivity index is 1.86. The van der Waals surface area contributed by atoms with Gasteiger partial charge in [-0.2, -0.15) is 4.98 Å². The van der Waals surface area contributed by atoms with Gasteiger partial charge in [0.2, 0.25) is 6.39 Å². The van der Waals surface area contributed by atoms with Crippen molar-refractivity contribution in [3.63, 3.8) is 0 Å². The van der Waals surface area contributed by atoms with Crippen molar-refractivity contribution in [2.45, 2.75) is 6.42 Å². The van der Waals surface area contributed by atoms with Crippen LogP contribution in [0.4, 0.5) is 11.6 Å². The number of anilines is 2. The van der Waals surface area contributed by atoms with Gasteiger partial charge in [0.15, 0.2) is 17.5 Å². The predicted molar refractivity (Wildman–Crippen MR) is 52.9 cm³/mol. The zero-order valence-electron chi connectivity index (χ0n) is 7.92. The summed E-state index contributed by atoms with van der Waals surface area (Å²) in [5.74, 6) is 1.59. The molecule has 3 N–H and O–H groups in total. The van der Waals surface area contributed by atoms with Crippen LogP contribution in [0.3, 0.4) is 0 Å². The summed E-state index contributed by atoms with van der Waals surface area (Å²) in [6, 6.07) is 0. The lowest BCUT2D eigenvalue weighted by atomic mass is 10.4. The Kier molecular flexibility index (Phi) is 2.72. The number of nitrogens with two attached hydrogens (primary N) is 1. The number of hydrogen-bond acceptors (Lipinski definition) is 7. The highest BCUT2D eigenvalue weighted by Crippen LogP contribution is 2.08. The molecule has 0 atom stereocenters. The van der Waals surface area contributed by atoms with Crippen molar-refractivity contribution < 1.29 is 4.52 Å².